The van der Waals surface area contributed by atoms with Gasteiger partial charge in [-0.15, -0.1) is 0 Å². The van der Waals surface area contributed by atoms with E-state index < -0.39 is 0 Å². The molecule has 0 aliphatic heterocycles. The van der Waals surface area contributed by atoms with Crippen molar-refractivity contribution < 1.29 is 4.79 Å². The number of hydrogen-bond acceptors (Lipinski definition) is 2. The average Bonchev–Trinajstić information content (AvgIpc) is 2.61. The standard InChI is InChI=1S/C21H24N2O2/c24-20-11-10-17-18(22-20)6-3-7-19(17)23-21(25)13-14-8-9-15-4-1-2-5-16(15)12-14/h8-12,19H,1-7,13H2,(H,22,24)(H,23,25)/t19-/m1/s1. The number of hydrogen-bond donors (Lipinski definition) is 2. The molecule has 2 aromatic rings. The molecule has 2 N–H and O–H groups in total. The quantitative estimate of drug-likeness (QED) is 0.905. The summed E-state index contributed by atoms with van der Waals surface area (Å²) in [4.78, 5) is 26.9. The number of pyridine rings is 1. The summed E-state index contributed by atoms with van der Waals surface area (Å²) in [6, 6.07) is 9.91. The molecule has 1 aromatic heterocycles. The number of carbonyl (C=O) groups is 1. The van der Waals surface area contributed by atoms with Crippen molar-refractivity contribution in [3.05, 3.63) is 68.6 Å². The Bertz CT molecular complexity index is 853. The van der Waals surface area contributed by atoms with Crippen LogP contribution < -0.4 is 10.9 Å². The molecule has 2 aliphatic carbocycles. The van der Waals surface area contributed by atoms with Crippen molar-refractivity contribution >= 4 is 5.91 Å². The van der Waals surface area contributed by atoms with Crippen LogP contribution in [-0.2, 0) is 30.5 Å². The molecule has 4 heteroatoms. The summed E-state index contributed by atoms with van der Waals surface area (Å²) in [5.41, 5.74) is 5.91. The van der Waals surface area contributed by atoms with Gasteiger partial charge < -0.3 is 10.3 Å². The number of carbonyl (C=O) groups excluding carboxylic acids is 1. The fraction of sp³-hybridized carbons (Fsp3) is 0.429. The van der Waals surface area contributed by atoms with Gasteiger partial charge in [-0.25, -0.2) is 0 Å². The van der Waals surface area contributed by atoms with Crippen molar-refractivity contribution in [2.45, 2.75) is 57.4 Å². The first-order chi connectivity index (χ1) is 12.2. The Morgan fingerprint density at radius 3 is 2.76 bits per heavy atom. The van der Waals surface area contributed by atoms with E-state index in [0.717, 1.165) is 42.5 Å². The molecule has 0 spiro atoms. The second-order valence-electron chi connectivity index (χ2n) is 7.26. The SMILES string of the molecule is O=C(Cc1ccc2c(c1)CCCC2)N[C@@H]1CCCc2[nH]c(=O)ccc21. The van der Waals surface area contributed by atoms with Crippen LogP contribution in [0.15, 0.2) is 35.1 Å². The second kappa shape index (κ2) is 6.87. The van der Waals surface area contributed by atoms with Crippen LogP contribution in [0.5, 0.6) is 0 Å². The van der Waals surface area contributed by atoms with E-state index in [1.807, 2.05) is 6.07 Å². The number of rotatable bonds is 3. The van der Waals surface area contributed by atoms with Gasteiger partial charge >= 0.3 is 0 Å². The van der Waals surface area contributed by atoms with Gasteiger partial charge in [0.1, 0.15) is 0 Å². The highest BCUT2D eigenvalue weighted by atomic mass is 16.1. The highest BCUT2D eigenvalue weighted by molar-refractivity contribution is 5.79. The van der Waals surface area contributed by atoms with Gasteiger partial charge in [0.05, 0.1) is 12.5 Å². The Kier molecular flexibility index (Phi) is 4.43. The maximum atomic E-state index is 12.5. The third-order valence-electron chi connectivity index (χ3n) is 5.44. The van der Waals surface area contributed by atoms with Crippen LogP contribution >= 0.6 is 0 Å². The monoisotopic (exact) mass is 336 g/mol. The van der Waals surface area contributed by atoms with E-state index in [0.29, 0.717) is 6.42 Å². The lowest BCUT2D eigenvalue weighted by atomic mass is 9.89. The van der Waals surface area contributed by atoms with Crippen LogP contribution in [0.4, 0.5) is 0 Å². The van der Waals surface area contributed by atoms with Gasteiger partial charge in [-0.1, -0.05) is 18.2 Å². The molecule has 1 aromatic carbocycles. The summed E-state index contributed by atoms with van der Waals surface area (Å²) in [5, 5.41) is 3.16. The van der Waals surface area contributed by atoms with Crippen LogP contribution in [0.1, 0.15) is 59.7 Å². The van der Waals surface area contributed by atoms with Crippen molar-refractivity contribution in [1.82, 2.24) is 10.3 Å². The molecule has 25 heavy (non-hydrogen) atoms. The number of aromatic nitrogens is 1. The van der Waals surface area contributed by atoms with E-state index in [1.165, 1.54) is 30.4 Å². The summed E-state index contributed by atoms with van der Waals surface area (Å²) in [7, 11) is 0. The third-order valence-corrected chi connectivity index (χ3v) is 5.44. The van der Waals surface area contributed by atoms with E-state index in [1.54, 1.807) is 6.07 Å². The summed E-state index contributed by atoms with van der Waals surface area (Å²) in [6.45, 7) is 0. The van der Waals surface area contributed by atoms with Gasteiger partial charge in [0.25, 0.3) is 0 Å². The fourth-order valence-corrected chi connectivity index (χ4v) is 4.18. The number of amides is 1. The molecule has 4 nitrogen and oxygen atoms in total. The number of aryl methyl sites for hydroxylation is 3. The molecule has 1 heterocycles. The molecule has 0 unspecified atom stereocenters. The van der Waals surface area contributed by atoms with Gasteiger partial charge in [-0.2, -0.15) is 0 Å². The molecule has 0 saturated heterocycles. The Morgan fingerprint density at radius 2 is 1.88 bits per heavy atom. The first-order valence-corrected chi connectivity index (χ1v) is 9.31. The lowest BCUT2D eigenvalue weighted by Gasteiger charge is -2.26. The summed E-state index contributed by atoms with van der Waals surface area (Å²) in [5.74, 6) is 0.0554. The number of H-pyrrole nitrogens is 1. The van der Waals surface area contributed by atoms with Gasteiger partial charge in [0, 0.05) is 11.8 Å². The van der Waals surface area contributed by atoms with E-state index in [2.05, 4.69) is 28.5 Å². The van der Waals surface area contributed by atoms with E-state index in [4.69, 9.17) is 0 Å². The minimum absolute atomic E-state index is 0.00530. The van der Waals surface area contributed by atoms with Gasteiger partial charge in [-0.05, 0) is 73.3 Å². The zero-order valence-electron chi connectivity index (χ0n) is 14.4. The van der Waals surface area contributed by atoms with E-state index >= 15 is 0 Å². The van der Waals surface area contributed by atoms with Crippen LogP contribution in [0, 0.1) is 0 Å². The maximum Gasteiger partial charge on any atom is 0.248 e. The second-order valence-corrected chi connectivity index (χ2v) is 7.26. The highest BCUT2D eigenvalue weighted by Crippen LogP contribution is 2.28. The fourth-order valence-electron chi connectivity index (χ4n) is 4.18. The van der Waals surface area contributed by atoms with E-state index in [-0.39, 0.29) is 17.5 Å². The van der Waals surface area contributed by atoms with Gasteiger partial charge in [-0.3, -0.25) is 9.59 Å². The molecule has 130 valence electrons. The molecule has 0 radical (unpaired) electrons. The normalized spacial score (nSPS) is 19.0. The smallest absolute Gasteiger partial charge is 0.248 e. The molecule has 1 amide bonds. The van der Waals surface area contributed by atoms with Crippen molar-refractivity contribution in [3.63, 3.8) is 0 Å². The lowest BCUT2D eigenvalue weighted by molar-refractivity contribution is -0.121. The van der Waals surface area contributed by atoms with Crippen molar-refractivity contribution in [3.8, 4) is 0 Å². The molecule has 1 atom stereocenters. The number of benzene rings is 1. The number of aromatic amines is 1. The van der Waals surface area contributed by atoms with Crippen LogP contribution in [0.25, 0.3) is 0 Å². The molecule has 0 bridgehead atoms. The lowest BCUT2D eigenvalue weighted by Crippen LogP contribution is -2.33. The largest absolute Gasteiger partial charge is 0.349 e. The minimum atomic E-state index is -0.0696. The molecular weight excluding hydrogens is 312 g/mol. The molecule has 0 saturated carbocycles. The van der Waals surface area contributed by atoms with Crippen LogP contribution in [0.3, 0.4) is 0 Å². The summed E-state index contributed by atoms with van der Waals surface area (Å²) < 4.78 is 0. The van der Waals surface area contributed by atoms with Crippen molar-refractivity contribution in [2.24, 2.45) is 0 Å². The topological polar surface area (TPSA) is 62.0 Å². The van der Waals surface area contributed by atoms with Crippen molar-refractivity contribution in [1.29, 1.82) is 0 Å². The molecular formula is C21H24N2O2. The van der Waals surface area contributed by atoms with Crippen LogP contribution in [0.2, 0.25) is 0 Å². The molecule has 4 rings (SSSR count). The van der Waals surface area contributed by atoms with Crippen LogP contribution in [-0.4, -0.2) is 10.9 Å². The predicted octanol–water partition coefficient (Wildman–Crippen LogP) is 2.99. The highest BCUT2D eigenvalue weighted by Gasteiger charge is 2.22. The molecule has 2 aliphatic rings. The Labute approximate surface area is 147 Å². The first kappa shape index (κ1) is 16.1. The Hall–Kier alpha value is -2.36. The van der Waals surface area contributed by atoms with E-state index in [9.17, 15) is 9.59 Å². The summed E-state index contributed by atoms with van der Waals surface area (Å²) in [6.07, 6.45) is 8.03. The predicted molar refractivity (Wildman–Crippen MR) is 97.7 cm³/mol. The van der Waals surface area contributed by atoms with Gasteiger partial charge in [0.15, 0.2) is 0 Å². The number of fused-ring (bicyclic) bond motifs is 2. The molecule has 0 fully saturated rings. The van der Waals surface area contributed by atoms with Crippen molar-refractivity contribution in [2.75, 3.05) is 0 Å². The third kappa shape index (κ3) is 3.53. The zero-order chi connectivity index (χ0) is 17.2. The Balaban J connectivity index is 1.46. The first-order valence-electron chi connectivity index (χ1n) is 9.31. The Morgan fingerprint density at radius 1 is 1.04 bits per heavy atom. The average molecular weight is 336 g/mol. The zero-order valence-corrected chi connectivity index (χ0v) is 14.4. The maximum absolute atomic E-state index is 12.5. The minimum Gasteiger partial charge on any atom is -0.349 e. The summed E-state index contributed by atoms with van der Waals surface area (Å²) >= 11 is 0. The van der Waals surface area contributed by atoms with Gasteiger partial charge in [0.2, 0.25) is 11.5 Å². The number of nitrogens with one attached hydrogen (secondary N) is 2.